The molecule has 0 aliphatic heterocycles. The van der Waals surface area contributed by atoms with E-state index in [1.54, 1.807) is 0 Å². The Hall–Kier alpha value is -1.20. The first kappa shape index (κ1) is 15.2. The molecule has 1 saturated carbocycles. The molecule has 4 nitrogen and oxygen atoms in total. The summed E-state index contributed by atoms with van der Waals surface area (Å²) in [6.45, 7) is 6.13. The third-order valence-electron chi connectivity index (χ3n) is 3.45. The van der Waals surface area contributed by atoms with Gasteiger partial charge in [0.2, 0.25) is 5.88 Å². The Morgan fingerprint density at radius 2 is 2.25 bits per heavy atom. The highest BCUT2D eigenvalue weighted by atomic mass is 19.1. The molecular weight excluding hydrogens is 257 g/mol. The van der Waals surface area contributed by atoms with Gasteiger partial charge in [0.05, 0.1) is 6.20 Å². The van der Waals surface area contributed by atoms with Crippen molar-refractivity contribution in [3.63, 3.8) is 0 Å². The van der Waals surface area contributed by atoms with E-state index in [0.717, 1.165) is 18.2 Å². The SMILES string of the molecule is CC(C)NCc1cc(F)cnc1OCCN(C)C1CC1. The maximum atomic E-state index is 13.3. The van der Waals surface area contributed by atoms with Crippen LogP contribution in [0, 0.1) is 5.82 Å². The van der Waals surface area contributed by atoms with Gasteiger partial charge in [-0.1, -0.05) is 13.8 Å². The second-order valence-corrected chi connectivity index (χ2v) is 5.71. The highest BCUT2D eigenvalue weighted by Gasteiger charge is 2.25. The van der Waals surface area contributed by atoms with Crippen molar-refractivity contribution in [3.05, 3.63) is 23.6 Å². The molecule has 1 aliphatic rings. The fourth-order valence-corrected chi connectivity index (χ4v) is 2.02. The largest absolute Gasteiger partial charge is 0.476 e. The maximum Gasteiger partial charge on any atom is 0.218 e. The lowest BCUT2D eigenvalue weighted by molar-refractivity contribution is 0.224. The molecule has 0 atom stereocenters. The van der Waals surface area contributed by atoms with Crippen LogP contribution in [0.1, 0.15) is 32.3 Å². The molecule has 1 N–H and O–H groups in total. The highest BCUT2D eigenvalue weighted by molar-refractivity contribution is 5.26. The Bertz CT molecular complexity index is 435. The van der Waals surface area contributed by atoms with Gasteiger partial charge in [0.25, 0.3) is 0 Å². The molecule has 0 bridgehead atoms. The predicted octanol–water partition coefficient (Wildman–Crippen LogP) is 2.19. The number of aromatic nitrogens is 1. The summed E-state index contributed by atoms with van der Waals surface area (Å²) in [4.78, 5) is 6.36. The van der Waals surface area contributed by atoms with Gasteiger partial charge in [-0.3, -0.25) is 0 Å². The number of hydrogen-bond donors (Lipinski definition) is 1. The quantitative estimate of drug-likeness (QED) is 0.792. The van der Waals surface area contributed by atoms with Crippen molar-refractivity contribution in [2.24, 2.45) is 0 Å². The molecule has 0 spiro atoms. The number of likely N-dealkylation sites (N-methyl/N-ethyl adjacent to an activating group) is 1. The predicted molar refractivity (Wildman–Crippen MR) is 77.3 cm³/mol. The Labute approximate surface area is 120 Å². The van der Waals surface area contributed by atoms with E-state index in [1.807, 2.05) is 0 Å². The van der Waals surface area contributed by atoms with Gasteiger partial charge in [-0.2, -0.15) is 0 Å². The molecule has 5 heteroatoms. The Kier molecular flexibility index (Phi) is 5.31. The molecule has 20 heavy (non-hydrogen) atoms. The van der Waals surface area contributed by atoms with Crippen molar-refractivity contribution < 1.29 is 9.13 Å². The fourth-order valence-electron chi connectivity index (χ4n) is 2.02. The maximum absolute atomic E-state index is 13.3. The van der Waals surface area contributed by atoms with Gasteiger partial charge in [-0.25, -0.2) is 9.37 Å². The lowest BCUT2D eigenvalue weighted by Gasteiger charge is -2.17. The Morgan fingerprint density at radius 1 is 1.50 bits per heavy atom. The number of nitrogens with zero attached hydrogens (tertiary/aromatic N) is 2. The minimum absolute atomic E-state index is 0.326. The number of rotatable bonds is 8. The van der Waals surface area contributed by atoms with E-state index in [-0.39, 0.29) is 5.82 Å². The molecule has 0 unspecified atom stereocenters. The zero-order valence-corrected chi connectivity index (χ0v) is 12.5. The van der Waals surface area contributed by atoms with E-state index in [9.17, 15) is 4.39 Å². The van der Waals surface area contributed by atoms with Crippen molar-refractivity contribution in [2.45, 2.75) is 45.3 Å². The number of pyridine rings is 1. The molecule has 0 aromatic carbocycles. The molecule has 1 aliphatic carbocycles. The molecule has 0 amide bonds. The van der Waals surface area contributed by atoms with Gasteiger partial charge >= 0.3 is 0 Å². The normalized spacial score (nSPS) is 15.1. The Balaban J connectivity index is 1.87. The lowest BCUT2D eigenvalue weighted by Crippen LogP contribution is -2.27. The fraction of sp³-hybridized carbons (Fsp3) is 0.667. The van der Waals surface area contributed by atoms with Crippen LogP contribution >= 0.6 is 0 Å². The molecule has 1 aromatic rings. The van der Waals surface area contributed by atoms with Crippen LogP contribution < -0.4 is 10.1 Å². The molecule has 0 saturated heterocycles. The van der Waals surface area contributed by atoms with Crippen molar-refractivity contribution in [1.29, 1.82) is 0 Å². The monoisotopic (exact) mass is 281 g/mol. The van der Waals surface area contributed by atoms with Crippen LogP contribution in [0.3, 0.4) is 0 Å². The second kappa shape index (κ2) is 6.99. The van der Waals surface area contributed by atoms with Crippen molar-refractivity contribution >= 4 is 0 Å². The minimum atomic E-state index is -0.326. The third kappa shape index (κ3) is 4.72. The van der Waals surface area contributed by atoms with Crippen molar-refractivity contribution in [1.82, 2.24) is 15.2 Å². The number of ether oxygens (including phenoxy) is 1. The molecular formula is C15H24FN3O. The number of nitrogens with one attached hydrogen (secondary N) is 1. The van der Waals surface area contributed by atoms with Gasteiger partial charge < -0.3 is 15.0 Å². The second-order valence-electron chi connectivity index (χ2n) is 5.71. The summed E-state index contributed by atoms with van der Waals surface area (Å²) in [6.07, 6.45) is 3.78. The van der Waals surface area contributed by atoms with Crippen molar-refractivity contribution in [3.8, 4) is 5.88 Å². The van der Waals surface area contributed by atoms with Crippen LogP contribution in [-0.2, 0) is 6.54 Å². The standard InChI is InChI=1S/C15H24FN3O/c1-11(2)17-9-12-8-13(16)10-18-15(12)20-7-6-19(3)14-4-5-14/h8,10-11,14,17H,4-7,9H2,1-3H3. The molecule has 112 valence electrons. The first-order valence-electron chi connectivity index (χ1n) is 7.27. The van der Waals surface area contributed by atoms with Gasteiger partial charge in [0.15, 0.2) is 0 Å². The average molecular weight is 281 g/mol. The van der Waals surface area contributed by atoms with Crippen LogP contribution in [0.25, 0.3) is 0 Å². The number of halogens is 1. The Morgan fingerprint density at radius 3 is 2.90 bits per heavy atom. The van der Waals surface area contributed by atoms with Gasteiger partial charge in [0, 0.05) is 30.7 Å². The van der Waals surface area contributed by atoms with E-state index in [2.05, 4.69) is 36.1 Å². The smallest absolute Gasteiger partial charge is 0.218 e. The van der Waals surface area contributed by atoms with E-state index in [0.29, 0.717) is 25.1 Å². The van der Waals surface area contributed by atoms with E-state index >= 15 is 0 Å². The van der Waals surface area contributed by atoms with Gasteiger partial charge in [-0.15, -0.1) is 0 Å². The lowest BCUT2D eigenvalue weighted by atomic mass is 10.2. The minimum Gasteiger partial charge on any atom is -0.476 e. The summed E-state index contributed by atoms with van der Waals surface area (Å²) in [7, 11) is 2.11. The van der Waals surface area contributed by atoms with Gasteiger partial charge in [-0.05, 0) is 26.0 Å². The van der Waals surface area contributed by atoms with E-state index in [1.165, 1.54) is 25.1 Å². The zero-order valence-electron chi connectivity index (χ0n) is 12.5. The van der Waals surface area contributed by atoms with Crippen LogP contribution in [0.5, 0.6) is 5.88 Å². The van der Waals surface area contributed by atoms with Gasteiger partial charge in [0.1, 0.15) is 12.4 Å². The number of hydrogen-bond acceptors (Lipinski definition) is 4. The first-order chi connectivity index (χ1) is 9.56. The highest BCUT2D eigenvalue weighted by Crippen LogP contribution is 2.25. The first-order valence-corrected chi connectivity index (χ1v) is 7.27. The molecule has 1 fully saturated rings. The van der Waals surface area contributed by atoms with E-state index in [4.69, 9.17) is 4.74 Å². The zero-order chi connectivity index (χ0) is 14.5. The summed E-state index contributed by atoms with van der Waals surface area (Å²) in [6, 6.07) is 2.55. The van der Waals surface area contributed by atoms with Crippen LogP contribution in [-0.4, -0.2) is 42.2 Å². The van der Waals surface area contributed by atoms with Crippen LogP contribution in [0.2, 0.25) is 0 Å². The molecule has 0 radical (unpaired) electrons. The summed E-state index contributed by atoms with van der Waals surface area (Å²) in [5, 5.41) is 3.26. The summed E-state index contributed by atoms with van der Waals surface area (Å²) in [5.41, 5.74) is 0.771. The molecule has 2 rings (SSSR count). The van der Waals surface area contributed by atoms with E-state index < -0.39 is 0 Å². The van der Waals surface area contributed by atoms with Crippen LogP contribution in [0.4, 0.5) is 4.39 Å². The van der Waals surface area contributed by atoms with Crippen LogP contribution in [0.15, 0.2) is 12.3 Å². The molecule has 1 heterocycles. The molecule has 1 aromatic heterocycles. The average Bonchev–Trinajstić information content (AvgIpc) is 3.22. The summed E-state index contributed by atoms with van der Waals surface area (Å²) in [5.74, 6) is 0.205. The topological polar surface area (TPSA) is 37.4 Å². The summed E-state index contributed by atoms with van der Waals surface area (Å²) < 4.78 is 19.0. The van der Waals surface area contributed by atoms with Crippen molar-refractivity contribution in [2.75, 3.05) is 20.2 Å². The third-order valence-corrected chi connectivity index (χ3v) is 3.45. The summed E-state index contributed by atoms with van der Waals surface area (Å²) >= 11 is 0.